The second-order valence-corrected chi connectivity index (χ2v) is 29.4. The van der Waals surface area contributed by atoms with Crippen molar-refractivity contribution < 1.29 is 167 Å². The van der Waals surface area contributed by atoms with E-state index in [9.17, 15) is 52.7 Å². The molecule has 25 atom stereocenters. The van der Waals surface area contributed by atoms with Crippen molar-refractivity contribution in [2.45, 2.75) is 230 Å². The minimum atomic E-state index is -2.35. The predicted molar refractivity (Wildman–Crippen MR) is 422 cm³/mol. The summed E-state index contributed by atoms with van der Waals surface area (Å²) < 4.78 is 141. The van der Waals surface area contributed by atoms with Gasteiger partial charge in [0, 0.05) is 55.4 Å². The molecule has 2 N–H and O–H groups in total. The molecule has 6 aromatic rings. The fourth-order valence-corrected chi connectivity index (χ4v) is 14.7. The molecule has 2 amide bonds. The smallest absolute Gasteiger partial charge is 0.338 e. The molecule has 5 saturated heterocycles. The third kappa shape index (κ3) is 24.6. The van der Waals surface area contributed by atoms with E-state index in [0.717, 1.165) is 55.4 Å². The Bertz CT molecular complexity index is 4720. The van der Waals surface area contributed by atoms with Crippen LogP contribution in [-0.4, -0.2) is 251 Å². The summed E-state index contributed by atoms with van der Waals surface area (Å²) >= 11 is 0. The van der Waals surface area contributed by atoms with Gasteiger partial charge in [0.25, 0.3) is 0 Å². The molecule has 5 heterocycles. The second kappa shape index (κ2) is 43.3. The number of methoxy groups -OCH3 is 1. The van der Waals surface area contributed by atoms with Crippen LogP contribution in [0.2, 0.25) is 0 Å². The number of hydrogen-bond donors (Lipinski definition) is 2. The van der Waals surface area contributed by atoms with Crippen LogP contribution in [0.25, 0.3) is 0 Å². The summed E-state index contributed by atoms with van der Waals surface area (Å²) in [7, 11) is 1.44. The number of esters is 11. The normalized spacial score (nSPS) is 29.3. The maximum absolute atomic E-state index is 15.2. The fourth-order valence-electron chi connectivity index (χ4n) is 14.7. The summed E-state index contributed by atoms with van der Waals surface area (Å²) in [6.45, 7) is 10.6. The van der Waals surface area contributed by atoms with Crippen LogP contribution >= 0.6 is 0 Å². The maximum atomic E-state index is 15.2. The van der Waals surface area contributed by atoms with Crippen molar-refractivity contribution in [1.29, 1.82) is 0 Å². The Morgan fingerprint density at radius 2 is 0.568 bits per heavy atom. The zero-order chi connectivity index (χ0) is 89.9. The molecule has 6 aromatic carbocycles. The first kappa shape index (κ1) is 93.4. The SMILES string of the molecule is COc1ccc(O[C@@H]2O[C@@H](C)[C@H](OC(C)=O)[C@@H](O[C@@H]3O[C@H](COC(=O)c4ccccc4)[C@@H](O[C@@H]4O[C@@H](C)[C@H](OC(=O)c5ccccc5)[C@@H](OC5OC(C)C(OC(=O)c6ccccc6)C(OC(=O)c6ccccc6)C5OC(=O)c5ccccc5)[C@H]4O[C@H]4O[C@H](COC(C)=O)[C@@H](OC(C)=O)[C@H](OC(C)=O)[C@@H]4NC(C)=O)[C@H](OC(C)=O)[C@H]3NC(C)=O)[C@H]2OC(C)=O)cc1. The van der Waals surface area contributed by atoms with Crippen LogP contribution in [0, 0.1) is 0 Å². The molecule has 0 saturated carbocycles. The third-order valence-corrected chi connectivity index (χ3v) is 20.1. The topological polar surface area (TPSA) is 449 Å². The van der Waals surface area contributed by atoms with Gasteiger partial charge in [0.15, 0.2) is 80.1 Å². The van der Waals surface area contributed by atoms with Crippen LogP contribution < -0.4 is 20.1 Å². The molecule has 5 fully saturated rings. The van der Waals surface area contributed by atoms with Gasteiger partial charge in [0.05, 0.1) is 53.2 Å². The van der Waals surface area contributed by atoms with Crippen molar-refractivity contribution in [3.8, 4) is 11.5 Å². The van der Waals surface area contributed by atoms with E-state index in [1.165, 1.54) is 149 Å². The molecule has 125 heavy (non-hydrogen) atoms. The van der Waals surface area contributed by atoms with E-state index >= 15 is 9.59 Å². The molecule has 0 aromatic heterocycles. The molecule has 0 aliphatic carbocycles. The van der Waals surface area contributed by atoms with E-state index < -0.39 is 244 Å². The molecule has 668 valence electrons. The molecule has 5 unspecified atom stereocenters. The summed E-state index contributed by atoms with van der Waals surface area (Å²) in [5, 5.41) is 5.35. The quantitative estimate of drug-likeness (QED) is 0.0356. The Morgan fingerprint density at radius 1 is 0.272 bits per heavy atom. The van der Waals surface area contributed by atoms with Gasteiger partial charge in [0.1, 0.15) is 73.4 Å². The molecule has 37 heteroatoms. The maximum Gasteiger partial charge on any atom is 0.338 e. The minimum Gasteiger partial charge on any atom is -0.497 e. The summed E-state index contributed by atoms with van der Waals surface area (Å²) in [6.07, 6.45) is -44.1. The molecule has 0 radical (unpaired) electrons. The van der Waals surface area contributed by atoms with E-state index in [0.29, 0.717) is 5.75 Å². The average molecular weight is 1740 g/mol. The van der Waals surface area contributed by atoms with Crippen LogP contribution in [0.1, 0.15) is 128 Å². The number of ether oxygens (including phenoxy) is 22. The van der Waals surface area contributed by atoms with Crippen LogP contribution in [0.3, 0.4) is 0 Å². The number of carbonyl (C=O) groups is 13. The van der Waals surface area contributed by atoms with E-state index in [1.54, 1.807) is 54.6 Å². The number of carbonyl (C=O) groups excluding carboxylic acids is 13. The lowest BCUT2D eigenvalue weighted by Gasteiger charge is -2.52. The van der Waals surface area contributed by atoms with Crippen LogP contribution in [0.15, 0.2) is 176 Å². The summed E-state index contributed by atoms with van der Waals surface area (Å²) in [5.74, 6) is -12.5. The standard InChI is InChI=1S/C88H96N2O35/c1-44-66(110-50(7)94)74(76(114-54(11)98)86(107-44)115-61-40-38-60(104-12)39-41-61)123-84-65(90-48(5)92)72(113-53(10)97)70(63(117-84)43-106-79(99)55-28-18-13-19-29-55)122-88-78(125-85-64(89-47(4)91)71(112-52(9)96)69(111-51(8)95)62(116-85)42-105-49(6)93)75(68(46(3)109-88)119-81(101)57-32-22-15-23-33-57)124-87-77(121-83(103)59-36-26-17-27-37-59)73(120-82(102)58-34-24-16-25-35-58)67(45(2)108-87)118-80(100)56-30-20-14-21-31-56/h13-41,44-46,62-78,84-88H,42-43H2,1-12H3,(H,89,91)(H,90,92)/t44-,45?,46-,62+,63+,64-,65+,66-,67?,68-,69+,70+,71+,72+,73?,74+,75+,76+,77?,78+,84-,85+,86-,87?,88-/m0/s1. The summed E-state index contributed by atoms with van der Waals surface area (Å²) in [6, 6.07) is 39.7. The molecule has 37 nitrogen and oxygen atoms in total. The molecule has 0 bridgehead atoms. The van der Waals surface area contributed by atoms with Crippen molar-refractivity contribution in [3.05, 3.63) is 204 Å². The number of nitrogens with one attached hydrogen (secondary N) is 2. The van der Waals surface area contributed by atoms with Crippen molar-refractivity contribution in [2.75, 3.05) is 20.3 Å². The lowest BCUT2D eigenvalue weighted by molar-refractivity contribution is -0.396. The number of rotatable bonds is 31. The van der Waals surface area contributed by atoms with Gasteiger partial charge in [-0.3, -0.25) is 38.4 Å². The number of benzene rings is 6. The summed E-state index contributed by atoms with van der Waals surface area (Å²) in [4.78, 5) is 183. The van der Waals surface area contributed by atoms with E-state index in [4.69, 9.17) is 104 Å². The van der Waals surface area contributed by atoms with E-state index in [1.807, 2.05) is 0 Å². The highest BCUT2D eigenvalue weighted by Crippen LogP contribution is 2.42. The molecule has 5 aliphatic rings. The van der Waals surface area contributed by atoms with Gasteiger partial charge in [-0.05, 0) is 106 Å². The Hall–Kier alpha value is -12.3. The highest BCUT2D eigenvalue weighted by Gasteiger charge is 2.62. The zero-order valence-corrected chi connectivity index (χ0v) is 69.9. The first-order valence-corrected chi connectivity index (χ1v) is 39.8. The van der Waals surface area contributed by atoms with E-state index in [-0.39, 0.29) is 33.6 Å². The van der Waals surface area contributed by atoms with Crippen molar-refractivity contribution >= 4 is 77.5 Å². The zero-order valence-electron chi connectivity index (χ0n) is 69.9. The van der Waals surface area contributed by atoms with Crippen LogP contribution in [0.4, 0.5) is 0 Å². The second-order valence-electron chi connectivity index (χ2n) is 29.4. The van der Waals surface area contributed by atoms with Gasteiger partial charge in [-0.15, -0.1) is 0 Å². The van der Waals surface area contributed by atoms with Gasteiger partial charge in [0.2, 0.25) is 18.1 Å². The molecule has 11 rings (SSSR count). The molecular formula is C88H96N2O35. The first-order chi connectivity index (χ1) is 59.8. The van der Waals surface area contributed by atoms with Gasteiger partial charge in [-0.25, -0.2) is 24.0 Å². The Balaban J connectivity index is 1.13. The number of hydrogen-bond acceptors (Lipinski definition) is 35. The van der Waals surface area contributed by atoms with Crippen LogP contribution in [0.5, 0.6) is 11.5 Å². The van der Waals surface area contributed by atoms with Crippen molar-refractivity contribution in [2.24, 2.45) is 0 Å². The van der Waals surface area contributed by atoms with Gasteiger partial charge in [-0.2, -0.15) is 0 Å². The van der Waals surface area contributed by atoms with Crippen molar-refractivity contribution in [1.82, 2.24) is 10.6 Å². The highest BCUT2D eigenvalue weighted by atomic mass is 16.8. The largest absolute Gasteiger partial charge is 0.497 e. The molecule has 0 spiro atoms. The third-order valence-electron chi connectivity index (χ3n) is 20.1. The van der Waals surface area contributed by atoms with Gasteiger partial charge in [-0.1, -0.05) is 91.0 Å². The van der Waals surface area contributed by atoms with E-state index in [2.05, 4.69) is 10.6 Å². The molecular weight excluding hydrogens is 1640 g/mol. The lowest BCUT2D eigenvalue weighted by atomic mass is 9.93. The summed E-state index contributed by atoms with van der Waals surface area (Å²) in [5.41, 5.74) is -0.288. The Labute approximate surface area is 716 Å². The fraction of sp³-hybridized carbons (Fsp3) is 0.443. The van der Waals surface area contributed by atoms with Crippen molar-refractivity contribution in [3.63, 3.8) is 0 Å². The van der Waals surface area contributed by atoms with Gasteiger partial charge < -0.3 is 115 Å². The first-order valence-electron chi connectivity index (χ1n) is 39.8. The monoisotopic (exact) mass is 1740 g/mol. The Morgan fingerprint density at radius 3 is 0.984 bits per heavy atom. The average Bonchev–Trinajstić information content (AvgIpc) is 0.750. The lowest BCUT2D eigenvalue weighted by Crippen LogP contribution is -2.72. The predicted octanol–water partition coefficient (Wildman–Crippen LogP) is 6.29. The van der Waals surface area contributed by atoms with Gasteiger partial charge >= 0.3 is 65.7 Å². The minimum absolute atomic E-state index is 0.00379. The highest BCUT2D eigenvalue weighted by molar-refractivity contribution is 5.92. The Kier molecular flexibility index (Phi) is 32.4. The molecule has 5 aliphatic heterocycles. The number of amides is 2. The van der Waals surface area contributed by atoms with Crippen LogP contribution in [-0.2, 0) is 133 Å².